The van der Waals surface area contributed by atoms with Crippen LogP contribution in [-0.2, 0) is 4.79 Å². The second-order valence-electron chi connectivity index (χ2n) is 5.78. The zero-order valence-electron chi connectivity index (χ0n) is 10.4. The molecule has 0 aromatic rings. The van der Waals surface area contributed by atoms with Gasteiger partial charge in [-0.25, -0.2) is 0 Å². The number of hydrogen-bond donors (Lipinski definition) is 1. The van der Waals surface area contributed by atoms with Crippen molar-refractivity contribution < 1.29 is 4.79 Å². The Morgan fingerprint density at radius 3 is 2.06 bits per heavy atom. The van der Waals surface area contributed by atoms with Crippen LogP contribution in [0.25, 0.3) is 0 Å². The molecule has 3 nitrogen and oxygen atoms in total. The third kappa shape index (κ3) is 3.59. The highest BCUT2D eigenvalue weighted by atomic mass is 35.5. The lowest BCUT2D eigenvalue weighted by atomic mass is 10.2. The first kappa shape index (κ1) is 13.2. The number of halogens is 1. The molecular formula is C13H23ClN2O. The summed E-state index contributed by atoms with van der Waals surface area (Å²) in [5, 5.41) is 3.33. The van der Waals surface area contributed by atoms with Gasteiger partial charge < -0.3 is 10.2 Å². The molecule has 0 radical (unpaired) electrons. The fourth-order valence-corrected chi connectivity index (χ4v) is 2.59. The van der Waals surface area contributed by atoms with E-state index < -0.39 is 0 Å². The Kier molecular flexibility index (Phi) is 4.31. The Morgan fingerprint density at radius 2 is 1.65 bits per heavy atom. The van der Waals surface area contributed by atoms with Gasteiger partial charge in [-0.3, -0.25) is 4.79 Å². The summed E-state index contributed by atoms with van der Waals surface area (Å²) in [5.41, 5.74) is 0. The Balaban J connectivity index is 0.00000108. The maximum absolute atomic E-state index is 12.3. The normalized spacial score (nSPS) is 27.6. The Labute approximate surface area is 110 Å². The van der Waals surface area contributed by atoms with E-state index in [1.165, 1.54) is 25.7 Å². The highest BCUT2D eigenvalue weighted by Crippen LogP contribution is 2.34. The van der Waals surface area contributed by atoms with Crippen LogP contribution >= 0.6 is 12.4 Å². The highest BCUT2D eigenvalue weighted by Gasteiger charge is 2.34. The van der Waals surface area contributed by atoms with Crippen molar-refractivity contribution in [1.82, 2.24) is 10.2 Å². The van der Waals surface area contributed by atoms with Crippen LogP contribution in [0.15, 0.2) is 0 Å². The van der Waals surface area contributed by atoms with E-state index in [2.05, 4.69) is 10.2 Å². The number of carbonyl (C=O) groups excluding carboxylic acids is 1. The number of amides is 1. The van der Waals surface area contributed by atoms with Crippen LogP contribution in [0.2, 0.25) is 0 Å². The second-order valence-corrected chi connectivity index (χ2v) is 5.78. The van der Waals surface area contributed by atoms with E-state index in [1.807, 2.05) is 0 Å². The van der Waals surface area contributed by atoms with Gasteiger partial charge in [-0.15, -0.1) is 12.4 Å². The van der Waals surface area contributed by atoms with Gasteiger partial charge in [-0.1, -0.05) is 0 Å². The molecule has 0 aromatic carbocycles. The maximum Gasteiger partial charge on any atom is 0.239 e. The van der Waals surface area contributed by atoms with Crippen LogP contribution in [0.5, 0.6) is 0 Å². The zero-order chi connectivity index (χ0) is 11.0. The minimum Gasteiger partial charge on any atom is -0.341 e. The van der Waals surface area contributed by atoms with Gasteiger partial charge in [0.2, 0.25) is 5.91 Å². The SMILES string of the molecule is Cl.O=C(C1CCCN1)N(CC1CC1)CC1CC1. The third-order valence-electron chi connectivity index (χ3n) is 4.02. The molecule has 1 saturated heterocycles. The molecule has 2 aliphatic carbocycles. The average molecular weight is 259 g/mol. The molecule has 1 aliphatic heterocycles. The van der Waals surface area contributed by atoms with Gasteiger partial charge in [0.1, 0.15) is 0 Å². The summed E-state index contributed by atoms with van der Waals surface area (Å²) in [6.07, 6.45) is 7.57. The van der Waals surface area contributed by atoms with E-state index in [1.54, 1.807) is 0 Å². The van der Waals surface area contributed by atoms with Crippen LogP contribution in [0.3, 0.4) is 0 Å². The van der Waals surface area contributed by atoms with Gasteiger partial charge in [0, 0.05) is 13.1 Å². The smallest absolute Gasteiger partial charge is 0.239 e. The second kappa shape index (κ2) is 5.57. The number of nitrogens with zero attached hydrogens (tertiary/aromatic N) is 1. The predicted molar refractivity (Wildman–Crippen MR) is 70.3 cm³/mol. The van der Waals surface area contributed by atoms with Crippen molar-refractivity contribution in [2.24, 2.45) is 11.8 Å². The molecule has 1 heterocycles. The Hall–Kier alpha value is -0.280. The van der Waals surface area contributed by atoms with Gasteiger partial charge in [0.05, 0.1) is 6.04 Å². The Morgan fingerprint density at radius 1 is 1.06 bits per heavy atom. The summed E-state index contributed by atoms with van der Waals surface area (Å²) in [6, 6.07) is 0.137. The van der Waals surface area contributed by atoms with Crippen LogP contribution in [0.1, 0.15) is 38.5 Å². The minimum absolute atomic E-state index is 0. The van der Waals surface area contributed by atoms with Crippen molar-refractivity contribution in [3.63, 3.8) is 0 Å². The average Bonchev–Trinajstić information content (AvgIpc) is 3.20. The lowest BCUT2D eigenvalue weighted by Gasteiger charge is -2.25. The Bertz CT molecular complexity index is 257. The van der Waals surface area contributed by atoms with Crippen molar-refractivity contribution in [3.8, 4) is 0 Å². The van der Waals surface area contributed by atoms with Gasteiger partial charge in [-0.2, -0.15) is 0 Å². The largest absolute Gasteiger partial charge is 0.341 e. The topological polar surface area (TPSA) is 32.3 Å². The fourth-order valence-electron chi connectivity index (χ4n) is 2.59. The summed E-state index contributed by atoms with van der Waals surface area (Å²) in [5.74, 6) is 2.03. The van der Waals surface area contributed by atoms with Gasteiger partial charge in [0.15, 0.2) is 0 Å². The van der Waals surface area contributed by atoms with E-state index in [0.29, 0.717) is 5.91 Å². The van der Waals surface area contributed by atoms with Gasteiger partial charge >= 0.3 is 0 Å². The van der Waals surface area contributed by atoms with E-state index >= 15 is 0 Å². The molecule has 0 bridgehead atoms. The van der Waals surface area contributed by atoms with Crippen LogP contribution in [-0.4, -0.2) is 36.5 Å². The summed E-state index contributed by atoms with van der Waals surface area (Å²) >= 11 is 0. The van der Waals surface area contributed by atoms with E-state index in [-0.39, 0.29) is 18.4 Å². The molecule has 3 rings (SSSR count). The van der Waals surface area contributed by atoms with Crippen molar-refractivity contribution in [2.45, 2.75) is 44.6 Å². The molecule has 17 heavy (non-hydrogen) atoms. The van der Waals surface area contributed by atoms with E-state index in [9.17, 15) is 4.79 Å². The first-order valence-corrected chi connectivity index (χ1v) is 6.85. The molecule has 1 unspecified atom stereocenters. The van der Waals surface area contributed by atoms with Crippen molar-refractivity contribution >= 4 is 18.3 Å². The molecule has 4 heteroatoms. The summed E-state index contributed by atoms with van der Waals surface area (Å²) < 4.78 is 0. The maximum atomic E-state index is 12.3. The molecule has 1 N–H and O–H groups in total. The molecule has 3 aliphatic rings. The molecular weight excluding hydrogens is 236 g/mol. The molecule has 0 aromatic heterocycles. The minimum atomic E-state index is 0. The van der Waals surface area contributed by atoms with Crippen LogP contribution in [0, 0.1) is 11.8 Å². The number of nitrogens with one attached hydrogen (secondary N) is 1. The standard InChI is InChI=1S/C13H22N2O.ClH/c16-13(12-2-1-7-14-12)15(8-10-3-4-10)9-11-5-6-11;/h10-12,14H,1-9H2;1H. The summed E-state index contributed by atoms with van der Waals surface area (Å²) in [4.78, 5) is 14.5. The first-order chi connectivity index (χ1) is 7.83. The third-order valence-corrected chi connectivity index (χ3v) is 4.02. The molecule has 1 amide bonds. The van der Waals surface area contributed by atoms with Crippen LogP contribution < -0.4 is 5.32 Å². The number of hydrogen-bond acceptors (Lipinski definition) is 2. The monoisotopic (exact) mass is 258 g/mol. The van der Waals surface area contributed by atoms with E-state index in [0.717, 1.165) is 44.3 Å². The number of rotatable bonds is 5. The van der Waals surface area contributed by atoms with E-state index in [4.69, 9.17) is 0 Å². The molecule has 3 fully saturated rings. The molecule has 0 spiro atoms. The van der Waals surface area contributed by atoms with Crippen molar-refractivity contribution in [2.75, 3.05) is 19.6 Å². The van der Waals surface area contributed by atoms with Crippen molar-refractivity contribution in [3.05, 3.63) is 0 Å². The summed E-state index contributed by atoms with van der Waals surface area (Å²) in [6.45, 7) is 3.10. The van der Waals surface area contributed by atoms with Crippen LogP contribution in [0.4, 0.5) is 0 Å². The van der Waals surface area contributed by atoms with Gasteiger partial charge in [0.25, 0.3) is 0 Å². The lowest BCUT2D eigenvalue weighted by Crippen LogP contribution is -2.45. The first-order valence-electron chi connectivity index (χ1n) is 6.85. The molecule has 2 saturated carbocycles. The van der Waals surface area contributed by atoms with Gasteiger partial charge in [-0.05, 0) is 56.9 Å². The molecule has 1 atom stereocenters. The number of carbonyl (C=O) groups is 1. The fraction of sp³-hybridized carbons (Fsp3) is 0.923. The molecule has 98 valence electrons. The predicted octanol–water partition coefficient (Wildman–Crippen LogP) is 1.81. The quantitative estimate of drug-likeness (QED) is 0.816. The zero-order valence-corrected chi connectivity index (χ0v) is 11.2. The lowest BCUT2D eigenvalue weighted by molar-refractivity contribution is -0.133. The summed E-state index contributed by atoms with van der Waals surface area (Å²) in [7, 11) is 0. The van der Waals surface area contributed by atoms with Crippen molar-refractivity contribution in [1.29, 1.82) is 0 Å². The highest BCUT2D eigenvalue weighted by molar-refractivity contribution is 5.85.